The van der Waals surface area contributed by atoms with Crippen molar-refractivity contribution in [1.29, 1.82) is 0 Å². The molecule has 0 amide bonds. The normalized spacial score (nSPS) is 12.3. The van der Waals surface area contributed by atoms with Crippen LogP contribution in [0.2, 0.25) is 5.02 Å². The van der Waals surface area contributed by atoms with E-state index in [9.17, 15) is 0 Å². The van der Waals surface area contributed by atoms with E-state index in [-0.39, 0.29) is 0 Å². The quantitative estimate of drug-likeness (QED) is 0.684. The zero-order valence-corrected chi connectivity index (χ0v) is 14.0. The molecule has 3 heteroatoms. The Kier molecular flexibility index (Phi) is 7.14. The molecule has 0 radical (unpaired) electrons. The van der Waals surface area contributed by atoms with Crippen molar-refractivity contribution in [3.05, 3.63) is 65.2 Å². The van der Waals surface area contributed by atoms with E-state index >= 15 is 0 Å². The van der Waals surface area contributed by atoms with E-state index in [1.54, 1.807) is 0 Å². The van der Waals surface area contributed by atoms with Crippen molar-refractivity contribution in [2.24, 2.45) is 0 Å². The lowest BCUT2D eigenvalue weighted by Crippen LogP contribution is -2.31. The molecule has 0 bridgehead atoms. The molecule has 2 aromatic rings. The first-order valence-electron chi connectivity index (χ1n) is 7.43. The van der Waals surface area contributed by atoms with E-state index in [0.29, 0.717) is 6.04 Å². The van der Waals surface area contributed by atoms with Crippen LogP contribution in [0.3, 0.4) is 0 Å². The van der Waals surface area contributed by atoms with Crippen LogP contribution in [-0.2, 0) is 6.42 Å². The van der Waals surface area contributed by atoms with Gasteiger partial charge in [0, 0.05) is 21.7 Å². The molecule has 0 heterocycles. The third kappa shape index (κ3) is 6.13. The molecule has 2 rings (SSSR count). The minimum atomic E-state index is 0.527. The lowest BCUT2D eigenvalue weighted by molar-refractivity contribution is 0.537. The third-order valence-electron chi connectivity index (χ3n) is 3.36. The summed E-state index contributed by atoms with van der Waals surface area (Å²) < 4.78 is 0. The number of halogens is 1. The van der Waals surface area contributed by atoms with Gasteiger partial charge in [0.2, 0.25) is 0 Å². The largest absolute Gasteiger partial charge is 0.313 e. The Hall–Kier alpha value is -0.960. The number of thioether (sulfide) groups is 1. The average molecular weight is 320 g/mol. The van der Waals surface area contributed by atoms with Crippen molar-refractivity contribution in [3.8, 4) is 0 Å². The molecule has 0 aliphatic heterocycles. The van der Waals surface area contributed by atoms with Crippen molar-refractivity contribution in [2.45, 2.75) is 30.7 Å². The average Bonchev–Trinajstić information content (AvgIpc) is 2.51. The van der Waals surface area contributed by atoms with Gasteiger partial charge in [-0.05, 0) is 43.1 Å². The Morgan fingerprint density at radius 2 is 1.90 bits per heavy atom. The van der Waals surface area contributed by atoms with Crippen LogP contribution < -0.4 is 5.32 Å². The second kappa shape index (κ2) is 9.14. The van der Waals surface area contributed by atoms with Crippen LogP contribution in [-0.4, -0.2) is 18.3 Å². The highest BCUT2D eigenvalue weighted by molar-refractivity contribution is 7.99. The van der Waals surface area contributed by atoms with E-state index in [1.807, 2.05) is 30.0 Å². The second-order valence-electron chi connectivity index (χ2n) is 5.05. The summed E-state index contributed by atoms with van der Waals surface area (Å²) in [5.41, 5.74) is 1.41. The van der Waals surface area contributed by atoms with Crippen LogP contribution in [0.4, 0.5) is 0 Å². The molecule has 0 saturated carbocycles. The summed E-state index contributed by atoms with van der Waals surface area (Å²) in [5, 5.41) is 4.39. The number of hydrogen-bond donors (Lipinski definition) is 1. The smallest absolute Gasteiger partial charge is 0.0417 e. The van der Waals surface area contributed by atoms with Crippen molar-refractivity contribution < 1.29 is 0 Å². The molecule has 1 nitrogen and oxygen atoms in total. The van der Waals surface area contributed by atoms with Crippen molar-refractivity contribution >= 4 is 23.4 Å². The van der Waals surface area contributed by atoms with Gasteiger partial charge < -0.3 is 5.32 Å². The molecule has 112 valence electrons. The van der Waals surface area contributed by atoms with Crippen LogP contribution in [0.5, 0.6) is 0 Å². The molecule has 21 heavy (non-hydrogen) atoms. The van der Waals surface area contributed by atoms with Crippen LogP contribution in [0.15, 0.2) is 59.5 Å². The number of nitrogens with one attached hydrogen (secondary N) is 1. The molecular weight excluding hydrogens is 298 g/mol. The zero-order chi connectivity index (χ0) is 14.9. The number of rotatable bonds is 8. The Bertz CT molecular complexity index is 530. The highest BCUT2D eigenvalue weighted by Gasteiger charge is 2.08. The van der Waals surface area contributed by atoms with Crippen LogP contribution in [0.25, 0.3) is 0 Å². The fourth-order valence-electron chi connectivity index (χ4n) is 2.27. The summed E-state index contributed by atoms with van der Waals surface area (Å²) in [6, 6.07) is 19.3. The highest BCUT2D eigenvalue weighted by atomic mass is 35.5. The van der Waals surface area contributed by atoms with E-state index in [1.165, 1.54) is 10.5 Å². The van der Waals surface area contributed by atoms with Gasteiger partial charge in [-0.15, -0.1) is 11.8 Å². The Morgan fingerprint density at radius 1 is 1.10 bits per heavy atom. The number of benzene rings is 2. The SMILES string of the molecule is CCNC(CCc1ccccc1)CSc1cccc(Cl)c1. The molecule has 0 aromatic heterocycles. The minimum absolute atomic E-state index is 0.527. The first-order valence-corrected chi connectivity index (χ1v) is 8.80. The van der Waals surface area contributed by atoms with E-state index in [0.717, 1.165) is 30.2 Å². The molecule has 0 saturated heterocycles. The van der Waals surface area contributed by atoms with Gasteiger partial charge >= 0.3 is 0 Å². The van der Waals surface area contributed by atoms with Gasteiger partial charge in [0.25, 0.3) is 0 Å². The predicted octanol–water partition coefficient (Wildman–Crippen LogP) is 5.04. The molecule has 0 fully saturated rings. The fraction of sp³-hybridized carbons (Fsp3) is 0.333. The van der Waals surface area contributed by atoms with Gasteiger partial charge in [0.1, 0.15) is 0 Å². The topological polar surface area (TPSA) is 12.0 Å². The summed E-state index contributed by atoms with van der Waals surface area (Å²) in [6.45, 7) is 3.18. The lowest BCUT2D eigenvalue weighted by Gasteiger charge is -2.17. The molecule has 0 spiro atoms. The maximum absolute atomic E-state index is 6.03. The second-order valence-corrected chi connectivity index (χ2v) is 6.58. The first kappa shape index (κ1) is 16.4. The molecule has 1 unspecified atom stereocenters. The van der Waals surface area contributed by atoms with E-state index < -0.39 is 0 Å². The van der Waals surface area contributed by atoms with Crippen molar-refractivity contribution in [2.75, 3.05) is 12.3 Å². The molecule has 1 atom stereocenters. The highest BCUT2D eigenvalue weighted by Crippen LogP contribution is 2.23. The monoisotopic (exact) mass is 319 g/mol. The summed E-state index contributed by atoms with van der Waals surface area (Å²) in [4.78, 5) is 1.24. The molecular formula is C18H22ClNS. The van der Waals surface area contributed by atoms with Crippen molar-refractivity contribution in [3.63, 3.8) is 0 Å². The predicted molar refractivity (Wildman–Crippen MR) is 94.4 cm³/mol. The van der Waals surface area contributed by atoms with Gasteiger partial charge in [-0.25, -0.2) is 0 Å². The van der Waals surface area contributed by atoms with Gasteiger partial charge in [-0.3, -0.25) is 0 Å². The van der Waals surface area contributed by atoms with Gasteiger partial charge in [-0.2, -0.15) is 0 Å². The summed E-state index contributed by atoms with van der Waals surface area (Å²) in [5.74, 6) is 1.07. The third-order valence-corrected chi connectivity index (χ3v) is 4.76. The van der Waals surface area contributed by atoms with Crippen LogP contribution in [0, 0.1) is 0 Å². The van der Waals surface area contributed by atoms with Crippen LogP contribution in [0.1, 0.15) is 18.9 Å². The Morgan fingerprint density at radius 3 is 2.62 bits per heavy atom. The maximum Gasteiger partial charge on any atom is 0.0417 e. The Balaban J connectivity index is 1.84. The van der Waals surface area contributed by atoms with E-state index in [2.05, 4.69) is 48.6 Å². The molecule has 0 aliphatic carbocycles. The summed E-state index contributed by atoms with van der Waals surface area (Å²) in [6.07, 6.45) is 2.28. The first-order chi connectivity index (χ1) is 10.3. The summed E-state index contributed by atoms with van der Waals surface area (Å²) >= 11 is 7.90. The zero-order valence-electron chi connectivity index (χ0n) is 12.4. The van der Waals surface area contributed by atoms with Crippen LogP contribution >= 0.6 is 23.4 Å². The fourth-order valence-corrected chi connectivity index (χ4v) is 3.59. The summed E-state index contributed by atoms with van der Waals surface area (Å²) in [7, 11) is 0. The molecule has 1 N–H and O–H groups in total. The standard InChI is InChI=1S/C18H22ClNS/c1-2-20-17(12-11-15-7-4-3-5-8-15)14-21-18-10-6-9-16(19)13-18/h3-10,13,17,20H,2,11-12,14H2,1H3. The molecule has 2 aromatic carbocycles. The maximum atomic E-state index is 6.03. The van der Waals surface area contributed by atoms with Gasteiger partial charge in [0.15, 0.2) is 0 Å². The lowest BCUT2D eigenvalue weighted by atomic mass is 10.1. The minimum Gasteiger partial charge on any atom is -0.313 e. The number of aryl methyl sites for hydroxylation is 1. The van der Waals surface area contributed by atoms with Crippen molar-refractivity contribution in [1.82, 2.24) is 5.32 Å². The number of hydrogen-bond acceptors (Lipinski definition) is 2. The Labute approximate surface area is 137 Å². The molecule has 0 aliphatic rings. The van der Waals surface area contributed by atoms with Gasteiger partial charge in [-0.1, -0.05) is 54.9 Å². The van der Waals surface area contributed by atoms with E-state index in [4.69, 9.17) is 11.6 Å². The van der Waals surface area contributed by atoms with Gasteiger partial charge in [0.05, 0.1) is 0 Å².